The Morgan fingerprint density at radius 3 is 2.41 bits per heavy atom. The maximum absolute atomic E-state index is 14.0. The molecule has 0 bridgehead atoms. The molecular formula is C31H28ClN3O4. The van der Waals surface area contributed by atoms with E-state index in [1.807, 2.05) is 41.4 Å². The van der Waals surface area contributed by atoms with Crippen LogP contribution in [0.5, 0.6) is 5.75 Å². The first-order valence-corrected chi connectivity index (χ1v) is 13.6. The summed E-state index contributed by atoms with van der Waals surface area (Å²) in [4.78, 5) is 44.9. The smallest absolute Gasteiger partial charge is 0.247 e. The van der Waals surface area contributed by atoms with E-state index < -0.39 is 23.9 Å². The topological polar surface area (TPSA) is 79.0 Å². The first kappa shape index (κ1) is 25.2. The monoisotopic (exact) mass is 541 g/mol. The summed E-state index contributed by atoms with van der Waals surface area (Å²) >= 11 is 6.01. The number of hydrogen-bond acceptors (Lipinski definition) is 5. The molecule has 0 spiro atoms. The Morgan fingerprint density at radius 1 is 0.949 bits per heavy atom. The van der Waals surface area contributed by atoms with Crippen LogP contribution in [0.4, 0.5) is 11.4 Å². The van der Waals surface area contributed by atoms with Crippen molar-refractivity contribution in [2.45, 2.75) is 31.8 Å². The highest BCUT2D eigenvalue weighted by Gasteiger charge is 2.64. The van der Waals surface area contributed by atoms with Crippen LogP contribution < -0.4 is 15.0 Å². The van der Waals surface area contributed by atoms with Gasteiger partial charge >= 0.3 is 0 Å². The molecule has 7 nitrogen and oxygen atoms in total. The van der Waals surface area contributed by atoms with Crippen LogP contribution in [-0.2, 0) is 14.4 Å². The highest BCUT2D eigenvalue weighted by atomic mass is 35.5. The highest BCUT2D eigenvalue weighted by molar-refractivity contribution is 6.30. The predicted molar refractivity (Wildman–Crippen MR) is 150 cm³/mol. The fourth-order valence-corrected chi connectivity index (χ4v) is 6.01. The molecule has 3 aromatic carbocycles. The number of nitrogens with zero attached hydrogens (tertiary/aromatic N) is 2. The lowest BCUT2D eigenvalue weighted by molar-refractivity contribution is -0.128. The van der Waals surface area contributed by atoms with Crippen LogP contribution in [0.3, 0.4) is 0 Å². The second-order valence-electron chi connectivity index (χ2n) is 10.0. The zero-order chi connectivity index (χ0) is 27.1. The normalized spacial score (nSPS) is 22.9. The van der Waals surface area contributed by atoms with Crippen molar-refractivity contribution in [3.63, 3.8) is 0 Å². The van der Waals surface area contributed by atoms with Gasteiger partial charge in [-0.3, -0.25) is 14.4 Å². The third-order valence-corrected chi connectivity index (χ3v) is 7.96. The lowest BCUT2D eigenvalue weighted by atomic mass is 9.84. The molecule has 1 N–H and O–H groups in total. The number of fused-ring (bicyclic) bond motifs is 5. The Kier molecular flexibility index (Phi) is 6.61. The van der Waals surface area contributed by atoms with Gasteiger partial charge in [0.15, 0.2) is 0 Å². The van der Waals surface area contributed by atoms with Crippen LogP contribution in [0.1, 0.15) is 36.9 Å². The fraction of sp³-hybridized carbons (Fsp3) is 0.258. The van der Waals surface area contributed by atoms with Gasteiger partial charge in [0.2, 0.25) is 17.7 Å². The summed E-state index contributed by atoms with van der Waals surface area (Å²) < 4.78 is 5.75. The van der Waals surface area contributed by atoms with E-state index in [0.29, 0.717) is 28.8 Å². The summed E-state index contributed by atoms with van der Waals surface area (Å²) in [7, 11) is 0. The Morgan fingerprint density at radius 2 is 1.67 bits per heavy atom. The number of rotatable bonds is 7. The van der Waals surface area contributed by atoms with Crippen LogP contribution in [0.25, 0.3) is 6.08 Å². The number of hydrogen-bond donors (Lipinski definition) is 1. The van der Waals surface area contributed by atoms with E-state index in [-0.39, 0.29) is 17.7 Å². The molecule has 8 heteroatoms. The zero-order valence-corrected chi connectivity index (χ0v) is 22.2. The van der Waals surface area contributed by atoms with Crippen LogP contribution >= 0.6 is 11.6 Å². The van der Waals surface area contributed by atoms with Gasteiger partial charge in [-0.2, -0.15) is 0 Å². The van der Waals surface area contributed by atoms with Crippen molar-refractivity contribution in [1.29, 1.82) is 0 Å². The summed E-state index contributed by atoms with van der Waals surface area (Å²) in [5.41, 5.74) is 2.95. The molecular weight excluding hydrogens is 514 g/mol. The molecule has 4 atom stereocenters. The molecule has 0 radical (unpaired) electrons. The molecule has 3 aliphatic heterocycles. The quantitative estimate of drug-likeness (QED) is 0.308. The number of halogens is 1. The van der Waals surface area contributed by atoms with Gasteiger partial charge in [-0.1, -0.05) is 49.2 Å². The summed E-state index contributed by atoms with van der Waals surface area (Å²) in [5.74, 6) is -1.88. The first-order chi connectivity index (χ1) is 19.0. The fourth-order valence-electron chi connectivity index (χ4n) is 5.89. The maximum atomic E-state index is 14.0. The Bertz CT molecular complexity index is 1450. The number of nitrogens with one attached hydrogen (secondary N) is 1. The number of imide groups is 1. The van der Waals surface area contributed by atoms with Crippen LogP contribution in [0, 0.1) is 11.8 Å². The lowest BCUT2D eigenvalue weighted by Gasteiger charge is -2.35. The summed E-state index contributed by atoms with van der Waals surface area (Å²) in [5, 5.41) is 3.49. The van der Waals surface area contributed by atoms with Crippen molar-refractivity contribution in [1.82, 2.24) is 4.90 Å². The van der Waals surface area contributed by atoms with Crippen molar-refractivity contribution in [3.05, 3.63) is 95.1 Å². The third-order valence-electron chi connectivity index (χ3n) is 7.70. The van der Waals surface area contributed by atoms with Crippen LogP contribution in [0.15, 0.2) is 79.0 Å². The number of carbonyl (C=O) groups excluding carboxylic acids is 3. The van der Waals surface area contributed by atoms with Gasteiger partial charge in [0.05, 0.1) is 30.2 Å². The number of unbranched alkanes of at least 4 members (excludes halogenated alkanes) is 1. The van der Waals surface area contributed by atoms with Crippen LogP contribution in [0.2, 0.25) is 5.02 Å². The summed E-state index contributed by atoms with van der Waals surface area (Å²) in [6.45, 7) is 2.70. The van der Waals surface area contributed by atoms with Crippen molar-refractivity contribution in [3.8, 4) is 5.75 Å². The molecule has 6 rings (SSSR count). The van der Waals surface area contributed by atoms with Crippen LogP contribution in [-0.4, -0.2) is 35.3 Å². The van der Waals surface area contributed by atoms with E-state index >= 15 is 0 Å². The van der Waals surface area contributed by atoms with E-state index in [4.69, 9.17) is 16.3 Å². The molecule has 0 aromatic heterocycles. The molecule has 4 unspecified atom stereocenters. The van der Waals surface area contributed by atoms with Crippen molar-refractivity contribution in [2.75, 3.05) is 16.8 Å². The van der Waals surface area contributed by atoms with Gasteiger partial charge in [-0.25, -0.2) is 4.90 Å². The van der Waals surface area contributed by atoms with Gasteiger partial charge in [-0.15, -0.1) is 0 Å². The Balaban J connectivity index is 1.35. The number of anilines is 2. The van der Waals surface area contributed by atoms with E-state index in [1.54, 1.807) is 48.5 Å². The molecule has 2 saturated heterocycles. The molecule has 2 fully saturated rings. The molecule has 198 valence electrons. The van der Waals surface area contributed by atoms with Gasteiger partial charge in [-0.05, 0) is 72.2 Å². The standard InChI is InChI=1S/C31H28ClN3O4/c1-2-3-18-39-23-14-12-22(13-15-23)35-30(37)25-26(31(35)38)28(29(36)33-21-10-8-20(32)9-11-21)34-17-16-19-6-4-5-7-24(19)27(25)34/h4-17,25-28H,2-3,18H2,1H3,(H,33,36). The molecule has 3 amide bonds. The minimum atomic E-state index is -0.863. The number of benzene rings is 3. The van der Waals surface area contributed by atoms with E-state index in [0.717, 1.165) is 24.0 Å². The largest absolute Gasteiger partial charge is 0.494 e. The Hall–Kier alpha value is -4.10. The number of amides is 3. The molecule has 3 heterocycles. The second kappa shape index (κ2) is 10.2. The van der Waals surface area contributed by atoms with Gasteiger partial charge in [0.1, 0.15) is 11.8 Å². The van der Waals surface area contributed by atoms with Crippen molar-refractivity contribution in [2.24, 2.45) is 11.8 Å². The van der Waals surface area contributed by atoms with E-state index in [2.05, 4.69) is 12.2 Å². The van der Waals surface area contributed by atoms with E-state index in [1.165, 1.54) is 4.90 Å². The summed E-state index contributed by atoms with van der Waals surface area (Å²) in [6, 6.07) is 20.3. The highest BCUT2D eigenvalue weighted by Crippen LogP contribution is 2.53. The third kappa shape index (κ3) is 4.36. The van der Waals surface area contributed by atoms with Crippen molar-refractivity contribution < 1.29 is 19.1 Å². The average molecular weight is 542 g/mol. The minimum Gasteiger partial charge on any atom is -0.494 e. The van der Waals surface area contributed by atoms with Gasteiger partial charge in [0, 0.05) is 16.9 Å². The number of ether oxygens (including phenoxy) is 1. The zero-order valence-electron chi connectivity index (χ0n) is 21.4. The predicted octanol–water partition coefficient (Wildman–Crippen LogP) is 5.67. The molecule has 0 saturated carbocycles. The first-order valence-electron chi connectivity index (χ1n) is 13.2. The van der Waals surface area contributed by atoms with E-state index in [9.17, 15) is 14.4 Å². The molecule has 3 aliphatic rings. The molecule has 3 aromatic rings. The van der Waals surface area contributed by atoms with Gasteiger partial charge in [0.25, 0.3) is 0 Å². The average Bonchev–Trinajstić information content (AvgIpc) is 3.43. The Labute approximate surface area is 232 Å². The second-order valence-corrected chi connectivity index (χ2v) is 10.5. The van der Waals surface area contributed by atoms with Crippen molar-refractivity contribution >= 4 is 46.8 Å². The lowest BCUT2D eigenvalue weighted by Crippen LogP contribution is -2.46. The molecule has 0 aliphatic carbocycles. The maximum Gasteiger partial charge on any atom is 0.247 e. The minimum absolute atomic E-state index is 0.299. The van der Waals surface area contributed by atoms with Gasteiger partial charge < -0.3 is 15.0 Å². The SMILES string of the molecule is CCCCOc1ccc(N2C(=O)C3C(C2=O)C2c4ccccc4C=CN2C3C(=O)Nc2ccc(Cl)cc2)cc1. The molecule has 39 heavy (non-hydrogen) atoms. The summed E-state index contributed by atoms with van der Waals surface area (Å²) in [6.07, 6.45) is 5.74. The number of carbonyl (C=O) groups is 3.